The van der Waals surface area contributed by atoms with Gasteiger partial charge in [-0.1, -0.05) is 84.0 Å². The number of carbonyl (C=O) groups is 2. The highest BCUT2D eigenvalue weighted by Gasteiger charge is 2.17. The van der Waals surface area contributed by atoms with E-state index in [0.717, 1.165) is 44.5 Å². The lowest BCUT2D eigenvalue weighted by Crippen LogP contribution is -2.11. The monoisotopic (exact) mass is 530 g/mol. The molecule has 0 atom stereocenters. The molecule has 2 aliphatic rings. The van der Waals surface area contributed by atoms with E-state index in [0.29, 0.717) is 24.3 Å². The quantitative estimate of drug-likeness (QED) is 0.167. The van der Waals surface area contributed by atoms with Gasteiger partial charge in [0.15, 0.2) is 0 Å². The summed E-state index contributed by atoms with van der Waals surface area (Å²) in [6, 6.07) is 11.4. The highest BCUT2D eigenvalue weighted by atomic mass is 16.5. The molecule has 4 heteroatoms. The molecule has 4 nitrogen and oxygen atoms in total. The Kier molecular flexibility index (Phi) is 9.48. The topological polar surface area (TPSA) is 52.6 Å². The molecular formula is C36H34O4. The fourth-order valence-electron chi connectivity index (χ4n) is 4.62. The smallest absolute Gasteiger partial charge is 0.315 e. The molecule has 0 heterocycles. The van der Waals surface area contributed by atoms with Crippen molar-refractivity contribution >= 4 is 11.9 Å². The van der Waals surface area contributed by atoms with Crippen molar-refractivity contribution in [2.45, 2.75) is 39.5 Å². The van der Waals surface area contributed by atoms with E-state index in [9.17, 15) is 9.59 Å². The van der Waals surface area contributed by atoms with Gasteiger partial charge in [-0.3, -0.25) is 9.59 Å². The Hall–Kier alpha value is -4.70. The summed E-state index contributed by atoms with van der Waals surface area (Å²) in [6.07, 6.45) is 20.9. The minimum absolute atomic E-state index is 0.190. The van der Waals surface area contributed by atoms with Crippen LogP contribution in [0, 0.1) is 0 Å². The van der Waals surface area contributed by atoms with Gasteiger partial charge < -0.3 is 9.47 Å². The van der Waals surface area contributed by atoms with Crippen molar-refractivity contribution in [3.8, 4) is 22.6 Å². The molecule has 0 spiro atoms. The molecule has 0 fully saturated rings. The first-order chi connectivity index (χ1) is 19.4. The van der Waals surface area contributed by atoms with Gasteiger partial charge in [-0.05, 0) is 78.8 Å². The van der Waals surface area contributed by atoms with Crippen LogP contribution in [0.15, 0.2) is 133 Å². The van der Waals surface area contributed by atoms with E-state index in [1.165, 1.54) is 0 Å². The zero-order valence-corrected chi connectivity index (χ0v) is 23.1. The molecule has 0 N–H and O–H groups in total. The van der Waals surface area contributed by atoms with Crippen molar-refractivity contribution in [2.24, 2.45) is 0 Å². The Morgan fingerprint density at radius 1 is 0.700 bits per heavy atom. The van der Waals surface area contributed by atoms with Crippen LogP contribution in [0.5, 0.6) is 11.5 Å². The van der Waals surface area contributed by atoms with E-state index in [1.807, 2.05) is 98.9 Å². The van der Waals surface area contributed by atoms with E-state index in [4.69, 9.17) is 9.47 Å². The predicted molar refractivity (Wildman–Crippen MR) is 162 cm³/mol. The maximum Gasteiger partial charge on any atom is 0.315 e. The van der Waals surface area contributed by atoms with Gasteiger partial charge >= 0.3 is 11.9 Å². The van der Waals surface area contributed by atoms with Crippen LogP contribution in [0.1, 0.15) is 37.8 Å². The van der Waals surface area contributed by atoms with Crippen LogP contribution >= 0.6 is 0 Å². The molecule has 4 rings (SSSR count). The number of carbonyl (C=O) groups excluding carboxylic acids is 2. The highest BCUT2D eigenvalue weighted by Crippen LogP contribution is 2.35. The summed E-state index contributed by atoms with van der Waals surface area (Å²) >= 11 is 0. The van der Waals surface area contributed by atoms with Crippen LogP contribution in [0.3, 0.4) is 0 Å². The second-order valence-corrected chi connectivity index (χ2v) is 9.85. The molecule has 2 aromatic rings. The normalized spacial score (nSPS) is 13.1. The van der Waals surface area contributed by atoms with Crippen LogP contribution in [0.25, 0.3) is 11.1 Å². The minimum Gasteiger partial charge on any atom is -0.426 e. The molecule has 0 aromatic heterocycles. The third kappa shape index (κ3) is 7.23. The van der Waals surface area contributed by atoms with E-state index in [-0.39, 0.29) is 24.8 Å². The SMILES string of the molecule is C=CCc1ccc(OC(=O)CC(C)=C2C=CC=C2)c(-c2ccc(OC(=O)CC(C)=C3C=CC=C3)c(CC=C)c2)c1. The van der Waals surface area contributed by atoms with E-state index < -0.39 is 0 Å². The summed E-state index contributed by atoms with van der Waals surface area (Å²) in [5.41, 5.74) is 7.45. The summed E-state index contributed by atoms with van der Waals surface area (Å²) in [4.78, 5) is 25.7. The number of rotatable bonds is 11. The van der Waals surface area contributed by atoms with Crippen LogP contribution in [-0.2, 0) is 22.4 Å². The Labute approximate surface area is 236 Å². The van der Waals surface area contributed by atoms with Gasteiger partial charge in [-0.25, -0.2) is 0 Å². The summed E-state index contributed by atoms with van der Waals surface area (Å²) in [5, 5.41) is 0. The number of benzene rings is 2. The molecule has 2 aliphatic carbocycles. The van der Waals surface area contributed by atoms with Gasteiger partial charge in [0.2, 0.25) is 0 Å². The lowest BCUT2D eigenvalue weighted by molar-refractivity contribution is -0.134. The molecule has 0 amide bonds. The Bertz CT molecular complexity index is 1490. The zero-order valence-electron chi connectivity index (χ0n) is 23.1. The van der Waals surface area contributed by atoms with Gasteiger partial charge in [-0.2, -0.15) is 0 Å². The van der Waals surface area contributed by atoms with Crippen molar-refractivity contribution in [1.82, 2.24) is 0 Å². The Morgan fingerprint density at radius 3 is 1.77 bits per heavy atom. The van der Waals surface area contributed by atoms with Crippen molar-refractivity contribution < 1.29 is 19.1 Å². The zero-order chi connectivity index (χ0) is 28.5. The lowest BCUT2D eigenvalue weighted by Gasteiger charge is -2.15. The molecular weight excluding hydrogens is 496 g/mol. The van der Waals surface area contributed by atoms with Gasteiger partial charge in [0.1, 0.15) is 11.5 Å². The molecule has 40 heavy (non-hydrogen) atoms. The summed E-state index contributed by atoms with van der Waals surface area (Å²) < 4.78 is 11.7. The Morgan fingerprint density at radius 2 is 1.23 bits per heavy atom. The van der Waals surface area contributed by atoms with Crippen LogP contribution < -0.4 is 9.47 Å². The van der Waals surface area contributed by atoms with E-state index >= 15 is 0 Å². The maximum absolute atomic E-state index is 12.9. The third-order valence-electron chi connectivity index (χ3n) is 6.74. The molecule has 0 unspecified atom stereocenters. The molecule has 0 saturated carbocycles. The largest absolute Gasteiger partial charge is 0.426 e. The Balaban J connectivity index is 1.60. The number of ether oxygens (including phenoxy) is 2. The summed E-state index contributed by atoms with van der Waals surface area (Å²) in [5.74, 6) is 0.313. The summed E-state index contributed by atoms with van der Waals surface area (Å²) in [6.45, 7) is 11.6. The minimum atomic E-state index is -0.329. The van der Waals surface area contributed by atoms with E-state index in [2.05, 4.69) is 13.2 Å². The number of hydrogen-bond donors (Lipinski definition) is 0. The fourth-order valence-corrected chi connectivity index (χ4v) is 4.62. The highest BCUT2D eigenvalue weighted by molar-refractivity contribution is 5.81. The first kappa shape index (κ1) is 28.3. The molecule has 2 aromatic carbocycles. The molecule has 0 radical (unpaired) electrons. The molecule has 0 saturated heterocycles. The van der Waals surface area contributed by atoms with Gasteiger partial charge in [0.25, 0.3) is 0 Å². The third-order valence-corrected chi connectivity index (χ3v) is 6.74. The second kappa shape index (κ2) is 13.4. The first-order valence-corrected chi connectivity index (χ1v) is 13.4. The maximum atomic E-state index is 12.9. The summed E-state index contributed by atoms with van der Waals surface area (Å²) in [7, 11) is 0. The van der Waals surface area contributed by atoms with Crippen molar-refractivity contribution in [3.05, 3.63) is 144 Å². The second-order valence-electron chi connectivity index (χ2n) is 9.85. The number of esters is 2. The van der Waals surface area contributed by atoms with Crippen LogP contribution in [0.4, 0.5) is 0 Å². The van der Waals surface area contributed by atoms with E-state index in [1.54, 1.807) is 12.1 Å². The predicted octanol–water partition coefficient (Wildman–Crippen LogP) is 8.29. The average Bonchev–Trinajstić information content (AvgIpc) is 3.66. The van der Waals surface area contributed by atoms with Crippen molar-refractivity contribution in [2.75, 3.05) is 0 Å². The van der Waals surface area contributed by atoms with Gasteiger partial charge in [0.05, 0.1) is 12.8 Å². The van der Waals surface area contributed by atoms with Gasteiger partial charge in [-0.15, -0.1) is 13.2 Å². The lowest BCUT2D eigenvalue weighted by atomic mass is 9.97. The first-order valence-electron chi connectivity index (χ1n) is 13.4. The standard InChI is InChI=1S/C36H34O4/c1-5-11-27-17-19-34(40-36(38)22-26(4)29-15-9-10-16-29)32(23-27)30-18-20-33(31(24-30)12-6-2)39-35(37)21-25(3)28-13-7-8-14-28/h5-10,13-20,23-24H,1-2,11-12,21-22H2,3-4H3. The van der Waals surface area contributed by atoms with Gasteiger partial charge in [0, 0.05) is 5.56 Å². The van der Waals surface area contributed by atoms with Crippen LogP contribution in [-0.4, -0.2) is 11.9 Å². The number of hydrogen-bond acceptors (Lipinski definition) is 4. The fraction of sp³-hybridized carbons (Fsp3) is 0.167. The van der Waals surface area contributed by atoms with Crippen molar-refractivity contribution in [1.29, 1.82) is 0 Å². The van der Waals surface area contributed by atoms with Crippen LogP contribution in [0.2, 0.25) is 0 Å². The number of allylic oxidation sites excluding steroid dienone is 12. The molecule has 202 valence electrons. The molecule has 0 aliphatic heterocycles. The molecule has 0 bridgehead atoms. The van der Waals surface area contributed by atoms with Crippen molar-refractivity contribution in [3.63, 3.8) is 0 Å². The average molecular weight is 531 g/mol.